The molecule has 0 amide bonds. The van der Waals surface area contributed by atoms with Crippen molar-refractivity contribution < 1.29 is 0 Å². The Kier molecular flexibility index (Phi) is 2.41. The summed E-state index contributed by atoms with van der Waals surface area (Å²) < 4.78 is 0. The van der Waals surface area contributed by atoms with Gasteiger partial charge in [-0.25, -0.2) is 0 Å². The highest BCUT2D eigenvalue weighted by Crippen LogP contribution is 2.26. The van der Waals surface area contributed by atoms with E-state index in [1.54, 1.807) is 11.3 Å². The predicted molar refractivity (Wildman–Crippen MR) is 63.2 cm³/mol. The monoisotopic (exact) mass is 204 g/mol. The first-order valence-electron chi connectivity index (χ1n) is 4.42. The third-order valence-corrected chi connectivity index (χ3v) is 2.77. The number of anilines is 3. The van der Waals surface area contributed by atoms with Gasteiger partial charge in [-0.15, -0.1) is 11.3 Å². The minimum Gasteiger partial charge on any atom is -0.397 e. The Morgan fingerprint density at radius 1 is 1.29 bits per heavy atom. The van der Waals surface area contributed by atoms with Crippen molar-refractivity contribution in [3.63, 3.8) is 0 Å². The number of rotatable bonds is 2. The Bertz CT molecular complexity index is 421. The molecule has 2 nitrogen and oxygen atoms in total. The number of nitrogens with two attached hydrogens (primary N) is 1. The Morgan fingerprint density at radius 2 is 2.14 bits per heavy atom. The van der Waals surface area contributed by atoms with Crippen LogP contribution in [0.5, 0.6) is 0 Å². The van der Waals surface area contributed by atoms with E-state index < -0.39 is 0 Å². The summed E-state index contributed by atoms with van der Waals surface area (Å²) in [6.07, 6.45) is 0. The summed E-state index contributed by atoms with van der Waals surface area (Å²) >= 11 is 1.67. The molecule has 2 rings (SSSR count). The Morgan fingerprint density at radius 3 is 2.86 bits per heavy atom. The molecule has 1 heterocycles. The Labute approximate surface area is 87.4 Å². The van der Waals surface area contributed by atoms with E-state index in [0.717, 1.165) is 16.4 Å². The third kappa shape index (κ3) is 1.88. The topological polar surface area (TPSA) is 38.0 Å². The van der Waals surface area contributed by atoms with Crippen molar-refractivity contribution in [2.45, 2.75) is 6.92 Å². The van der Waals surface area contributed by atoms with Crippen LogP contribution in [0.15, 0.2) is 35.7 Å². The summed E-state index contributed by atoms with van der Waals surface area (Å²) in [5, 5.41) is 6.44. The van der Waals surface area contributed by atoms with Crippen LogP contribution >= 0.6 is 11.3 Å². The molecule has 0 fully saturated rings. The van der Waals surface area contributed by atoms with Crippen molar-refractivity contribution in [2.75, 3.05) is 11.1 Å². The molecular weight excluding hydrogens is 192 g/mol. The van der Waals surface area contributed by atoms with Crippen molar-refractivity contribution in [2.24, 2.45) is 0 Å². The van der Waals surface area contributed by atoms with E-state index in [1.165, 1.54) is 5.56 Å². The first-order chi connectivity index (χ1) is 6.75. The van der Waals surface area contributed by atoms with Crippen LogP contribution in [0.1, 0.15) is 5.56 Å². The molecule has 0 aliphatic carbocycles. The summed E-state index contributed by atoms with van der Waals surface area (Å²) in [5.74, 6) is 0. The molecule has 0 saturated heterocycles. The normalized spacial score (nSPS) is 10.1. The zero-order chi connectivity index (χ0) is 9.97. The van der Waals surface area contributed by atoms with E-state index in [2.05, 4.69) is 18.3 Å². The highest BCUT2D eigenvalue weighted by molar-refractivity contribution is 7.14. The summed E-state index contributed by atoms with van der Waals surface area (Å²) in [5.41, 5.74) is 8.82. The van der Waals surface area contributed by atoms with Gasteiger partial charge in [-0.05, 0) is 42.1 Å². The number of thiophene rings is 1. The maximum absolute atomic E-state index is 5.85. The maximum atomic E-state index is 5.85. The van der Waals surface area contributed by atoms with Crippen LogP contribution in [-0.2, 0) is 0 Å². The van der Waals surface area contributed by atoms with Gasteiger partial charge >= 0.3 is 0 Å². The number of aryl methyl sites for hydroxylation is 1. The molecule has 0 radical (unpaired) electrons. The van der Waals surface area contributed by atoms with Crippen LogP contribution in [0.2, 0.25) is 0 Å². The molecule has 1 aromatic carbocycles. The van der Waals surface area contributed by atoms with Gasteiger partial charge in [-0.2, -0.15) is 0 Å². The van der Waals surface area contributed by atoms with Crippen molar-refractivity contribution in [3.8, 4) is 0 Å². The van der Waals surface area contributed by atoms with Crippen molar-refractivity contribution in [1.82, 2.24) is 0 Å². The molecule has 0 spiro atoms. The maximum Gasteiger partial charge on any atom is 0.0927 e. The van der Waals surface area contributed by atoms with Gasteiger partial charge in [0.25, 0.3) is 0 Å². The lowest BCUT2D eigenvalue weighted by Crippen LogP contribution is -1.94. The van der Waals surface area contributed by atoms with Gasteiger partial charge in [0.15, 0.2) is 0 Å². The van der Waals surface area contributed by atoms with Crippen LogP contribution in [0, 0.1) is 6.92 Å². The minimum atomic E-state index is 0.781. The molecule has 1 aromatic heterocycles. The van der Waals surface area contributed by atoms with E-state index in [0.29, 0.717) is 0 Å². The second kappa shape index (κ2) is 3.72. The zero-order valence-electron chi connectivity index (χ0n) is 7.95. The number of hydrogen-bond acceptors (Lipinski definition) is 3. The average molecular weight is 204 g/mol. The highest BCUT2D eigenvalue weighted by atomic mass is 32.1. The summed E-state index contributed by atoms with van der Waals surface area (Å²) in [6, 6.07) is 10.0. The first kappa shape index (κ1) is 9.09. The third-order valence-electron chi connectivity index (χ3n) is 1.99. The van der Waals surface area contributed by atoms with Crippen LogP contribution in [0.25, 0.3) is 0 Å². The molecule has 0 aliphatic rings. The minimum absolute atomic E-state index is 0.781. The molecule has 2 aromatic rings. The molecule has 0 bridgehead atoms. The predicted octanol–water partition coefficient (Wildman–Crippen LogP) is 3.38. The lowest BCUT2D eigenvalue weighted by Gasteiger charge is -2.07. The van der Waals surface area contributed by atoms with Gasteiger partial charge < -0.3 is 11.1 Å². The van der Waals surface area contributed by atoms with Gasteiger partial charge in [0.05, 0.1) is 16.4 Å². The Hall–Kier alpha value is -1.48. The van der Waals surface area contributed by atoms with Crippen LogP contribution in [-0.4, -0.2) is 0 Å². The molecule has 0 aliphatic heterocycles. The van der Waals surface area contributed by atoms with E-state index in [9.17, 15) is 0 Å². The van der Waals surface area contributed by atoms with E-state index >= 15 is 0 Å². The molecule has 0 atom stereocenters. The van der Waals surface area contributed by atoms with Gasteiger partial charge in [0, 0.05) is 0 Å². The zero-order valence-corrected chi connectivity index (χ0v) is 8.77. The fourth-order valence-electron chi connectivity index (χ4n) is 1.26. The molecule has 3 heteroatoms. The lowest BCUT2D eigenvalue weighted by atomic mass is 10.2. The molecule has 0 saturated carbocycles. The van der Waals surface area contributed by atoms with Crippen molar-refractivity contribution in [3.05, 3.63) is 41.3 Å². The molecule has 72 valence electrons. The lowest BCUT2D eigenvalue weighted by molar-refractivity contribution is 1.46. The average Bonchev–Trinajstić information content (AvgIpc) is 2.64. The van der Waals surface area contributed by atoms with Crippen LogP contribution in [0.3, 0.4) is 0 Å². The van der Waals surface area contributed by atoms with Crippen LogP contribution < -0.4 is 11.1 Å². The number of hydrogen-bond donors (Lipinski definition) is 2. The highest BCUT2D eigenvalue weighted by Gasteiger charge is 1.99. The number of benzene rings is 1. The fraction of sp³-hybridized carbons (Fsp3) is 0.0909. The van der Waals surface area contributed by atoms with Crippen LogP contribution in [0.4, 0.5) is 16.4 Å². The quantitative estimate of drug-likeness (QED) is 0.736. The summed E-state index contributed by atoms with van der Waals surface area (Å²) in [6.45, 7) is 2.05. The first-order valence-corrected chi connectivity index (χ1v) is 5.30. The SMILES string of the molecule is Cc1ccc(N)c(Nc2cccs2)c1. The smallest absolute Gasteiger partial charge is 0.0927 e. The van der Waals surface area contributed by atoms with Gasteiger partial charge in [-0.1, -0.05) is 6.07 Å². The van der Waals surface area contributed by atoms with Crippen molar-refractivity contribution >= 4 is 27.7 Å². The van der Waals surface area contributed by atoms with Gasteiger partial charge in [-0.3, -0.25) is 0 Å². The second-order valence-corrected chi connectivity index (χ2v) is 4.14. The second-order valence-electron chi connectivity index (χ2n) is 3.19. The fourth-order valence-corrected chi connectivity index (χ4v) is 1.89. The summed E-state index contributed by atoms with van der Waals surface area (Å²) in [4.78, 5) is 0. The van der Waals surface area contributed by atoms with E-state index in [4.69, 9.17) is 5.73 Å². The van der Waals surface area contributed by atoms with E-state index in [-0.39, 0.29) is 0 Å². The number of nitrogens with one attached hydrogen (secondary N) is 1. The van der Waals surface area contributed by atoms with Gasteiger partial charge in [0.1, 0.15) is 0 Å². The largest absolute Gasteiger partial charge is 0.397 e. The van der Waals surface area contributed by atoms with E-state index in [1.807, 2.05) is 29.6 Å². The number of nitrogen functional groups attached to an aromatic ring is 1. The standard InChI is InChI=1S/C11H12N2S/c1-8-4-5-9(12)10(7-8)13-11-3-2-6-14-11/h2-7,13H,12H2,1H3. The molecule has 3 N–H and O–H groups in total. The Balaban J connectivity index is 2.28. The summed E-state index contributed by atoms with van der Waals surface area (Å²) in [7, 11) is 0. The molecular formula is C11H12N2S. The van der Waals surface area contributed by atoms with Crippen molar-refractivity contribution in [1.29, 1.82) is 0 Å². The van der Waals surface area contributed by atoms with Gasteiger partial charge in [0.2, 0.25) is 0 Å². The molecule has 0 unspecified atom stereocenters. The molecule has 14 heavy (non-hydrogen) atoms.